The van der Waals surface area contributed by atoms with Gasteiger partial charge in [0.05, 0.1) is 11.1 Å². The van der Waals surface area contributed by atoms with Crippen LogP contribution in [0, 0.1) is 12.3 Å². The molecule has 1 atom stereocenters. The van der Waals surface area contributed by atoms with Crippen LogP contribution in [-0.2, 0) is 29.0 Å². The predicted molar refractivity (Wildman–Crippen MR) is 144 cm³/mol. The second kappa shape index (κ2) is 11.3. The molecule has 0 aliphatic carbocycles. The van der Waals surface area contributed by atoms with Gasteiger partial charge in [-0.3, -0.25) is 19.1 Å². The molecule has 0 unspecified atom stereocenters. The van der Waals surface area contributed by atoms with Gasteiger partial charge in [0.15, 0.2) is 0 Å². The third kappa shape index (κ3) is 5.94. The summed E-state index contributed by atoms with van der Waals surface area (Å²) in [4.78, 5) is 42.3. The average molecular weight is 531 g/mol. The molecule has 2 aliphatic heterocycles. The molecule has 10 heteroatoms. The number of piperidine rings is 1. The summed E-state index contributed by atoms with van der Waals surface area (Å²) >= 11 is 0. The van der Waals surface area contributed by atoms with Crippen molar-refractivity contribution in [3.05, 3.63) is 77.1 Å². The van der Waals surface area contributed by atoms with E-state index in [9.17, 15) is 19.5 Å². The summed E-state index contributed by atoms with van der Waals surface area (Å²) in [7, 11) is 0. The molecule has 1 aromatic heterocycles. The second-order valence-corrected chi connectivity index (χ2v) is 10.6. The van der Waals surface area contributed by atoms with Crippen LogP contribution < -0.4 is 10.6 Å². The van der Waals surface area contributed by atoms with Crippen molar-refractivity contribution in [2.45, 2.75) is 51.6 Å². The van der Waals surface area contributed by atoms with Gasteiger partial charge in [0.2, 0.25) is 11.8 Å². The van der Waals surface area contributed by atoms with Crippen LogP contribution in [0.3, 0.4) is 0 Å². The minimum Gasteiger partial charge on any atom is -0.508 e. The summed E-state index contributed by atoms with van der Waals surface area (Å²) in [6, 6.07) is 13.6. The number of aromatic hydroxyl groups is 1. The maximum atomic E-state index is 14.0. The van der Waals surface area contributed by atoms with E-state index in [0.29, 0.717) is 69.4 Å². The van der Waals surface area contributed by atoms with Crippen molar-refractivity contribution in [3.63, 3.8) is 0 Å². The number of phenols is 1. The van der Waals surface area contributed by atoms with E-state index in [1.807, 2.05) is 36.5 Å². The molecule has 1 spiro atoms. The normalized spacial score (nSPS) is 19.8. The lowest BCUT2D eigenvalue weighted by atomic mass is 9.73. The smallest absolute Gasteiger partial charge is 0.254 e. The van der Waals surface area contributed by atoms with E-state index in [-0.39, 0.29) is 23.5 Å². The van der Waals surface area contributed by atoms with Crippen LogP contribution >= 0.6 is 0 Å². The molecule has 1 saturated heterocycles. The quantitative estimate of drug-likeness (QED) is 0.475. The van der Waals surface area contributed by atoms with E-state index in [1.54, 1.807) is 28.6 Å². The van der Waals surface area contributed by atoms with Crippen LogP contribution in [0.4, 0.5) is 0 Å². The number of carbonyl (C=O) groups is 3. The van der Waals surface area contributed by atoms with E-state index >= 15 is 0 Å². The summed E-state index contributed by atoms with van der Waals surface area (Å²) in [6.07, 6.45) is 4.17. The molecule has 1 fully saturated rings. The van der Waals surface area contributed by atoms with Crippen LogP contribution in [-0.4, -0.2) is 68.4 Å². The molecule has 3 N–H and O–H groups in total. The lowest BCUT2D eigenvalue weighted by Gasteiger charge is -2.41. The van der Waals surface area contributed by atoms with E-state index < -0.39 is 11.5 Å². The molecular weight excluding hydrogens is 496 g/mol. The Kier molecular flexibility index (Phi) is 7.63. The highest BCUT2D eigenvalue weighted by Crippen LogP contribution is 2.36. The van der Waals surface area contributed by atoms with Gasteiger partial charge in [-0.15, -0.1) is 5.10 Å². The summed E-state index contributed by atoms with van der Waals surface area (Å²) in [6.45, 7) is 3.64. The fourth-order valence-corrected chi connectivity index (χ4v) is 5.50. The van der Waals surface area contributed by atoms with Gasteiger partial charge in [-0.05, 0) is 55.5 Å². The zero-order valence-corrected chi connectivity index (χ0v) is 22.1. The number of nitrogens with zero attached hydrogens (tertiary/aromatic N) is 4. The number of nitrogens with one attached hydrogen (secondary N) is 2. The summed E-state index contributed by atoms with van der Waals surface area (Å²) in [5, 5.41) is 24.3. The lowest BCUT2D eigenvalue weighted by molar-refractivity contribution is -0.137. The predicted octanol–water partition coefficient (Wildman–Crippen LogP) is 2.00. The number of carbonyl (C=O) groups excluding carboxylic acids is 3. The maximum Gasteiger partial charge on any atom is 0.254 e. The Morgan fingerprint density at radius 3 is 2.62 bits per heavy atom. The Hall–Kier alpha value is -4.21. The van der Waals surface area contributed by atoms with E-state index in [1.165, 1.54) is 6.07 Å². The highest BCUT2D eigenvalue weighted by molar-refractivity contribution is 5.96. The maximum absolute atomic E-state index is 14.0. The molecule has 2 aromatic carbocycles. The molecule has 39 heavy (non-hydrogen) atoms. The fourth-order valence-electron chi connectivity index (χ4n) is 5.50. The Labute approximate surface area is 227 Å². The molecule has 3 amide bonds. The standard InChI is InChI=1S/C29H34N6O4/c1-20-16-23(36)8-9-24(20)27(38)34-14-10-29(11-15-34)18-22-19-35(33-32-22)13-5-12-30-26(37)25(31-28(29)39)17-21-6-3-2-4-7-21/h2-4,6-9,16,19,25,36H,5,10-15,17-18H2,1H3,(H,30,37)(H,31,39)/t25-/m0/s1. The zero-order valence-electron chi connectivity index (χ0n) is 22.1. The van der Waals surface area contributed by atoms with Crippen molar-refractivity contribution >= 4 is 17.7 Å². The number of fused-ring (bicyclic) bond motifs is 2. The molecule has 0 saturated carbocycles. The molecular formula is C29H34N6O4. The van der Waals surface area contributed by atoms with Gasteiger partial charge < -0.3 is 20.6 Å². The summed E-state index contributed by atoms with van der Waals surface area (Å²) in [5.74, 6) is -0.431. The summed E-state index contributed by atoms with van der Waals surface area (Å²) in [5.41, 5.74) is 2.07. The highest BCUT2D eigenvalue weighted by Gasteiger charge is 2.44. The number of phenolic OH excluding ortho intramolecular Hbond substituents is 1. The minimum absolute atomic E-state index is 0.115. The number of aromatic nitrogens is 3. The molecule has 10 nitrogen and oxygen atoms in total. The van der Waals surface area contributed by atoms with Crippen molar-refractivity contribution in [1.82, 2.24) is 30.5 Å². The molecule has 2 bridgehead atoms. The first-order chi connectivity index (χ1) is 18.8. The fraction of sp³-hybridized carbons (Fsp3) is 0.414. The number of rotatable bonds is 3. The Bertz CT molecular complexity index is 1350. The van der Waals surface area contributed by atoms with Crippen LogP contribution in [0.15, 0.2) is 54.7 Å². The molecule has 3 heterocycles. The Morgan fingerprint density at radius 1 is 1.10 bits per heavy atom. The van der Waals surface area contributed by atoms with Gasteiger partial charge in [-0.2, -0.15) is 0 Å². The van der Waals surface area contributed by atoms with Gasteiger partial charge in [-0.1, -0.05) is 35.5 Å². The second-order valence-electron chi connectivity index (χ2n) is 10.6. The highest BCUT2D eigenvalue weighted by atomic mass is 16.3. The lowest BCUT2D eigenvalue weighted by Crippen LogP contribution is -2.56. The van der Waals surface area contributed by atoms with E-state index in [0.717, 1.165) is 11.3 Å². The first-order valence-electron chi connectivity index (χ1n) is 13.4. The van der Waals surface area contributed by atoms with Gasteiger partial charge in [0.25, 0.3) is 5.91 Å². The number of hydrogen-bond acceptors (Lipinski definition) is 6. The first-order valence-corrected chi connectivity index (χ1v) is 13.4. The van der Waals surface area contributed by atoms with Crippen molar-refractivity contribution in [2.75, 3.05) is 19.6 Å². The number of amides is 3. The summed E-state index contributed by atoms with van der Waals surface area (Å²) < 4.78 is 1.75. The van der Waals surface area contributed by atoms with Crippen LogP contribution in [0.5, 0.6) is 5.75 Å². The third-order valence-electron chi connectivity index (χ3n) is 7.80. The average Bonchev–Trinajstić information content (AvgIpc) is 3.37. The largest absolute Gasteiger partial charge is 0.508 e. The Balaban J connectivity index is 1.39. The minimum atomic E-state index is -0.842. The third-order valence-corrected chi connectivity index (χ3v) is 7.80. The van der Waals surface area contributed by atoms with Crippen molar-refractivity contribution in [2.24, 2.45) is 5.41 Å². The van der Waals surface area contributed by atoms with Crippen molar-refractivity contribution in [3.8, 4) is 5.75 Å². The Morgan fingerprint density at radius 2 is 1.87 bits per heavy atom. The van der Waals surface area contributed by atoms with Gasteiger partial charge in [0.1, 0.15) is 11.8 Å². The molecule has 5 rings (SSSR count). The topological polar surface area (TPSA) is 129 Å². The van der Waals surface area contributed by atoms with Crippen LogP contribution in [0.1, 0.15) is 46.4 Å². The molecule has 2 aliphatic rings. The monoisotopic (exact) mass is 530 g/mol. The molecule has 0 radical (unpaired) electrons. The SMILES string of the molecule is Cc1cc(O)ccc1C(=O)N1CCC2(CC1)Cc1cn(nn1)CCCNC(=O)[C@H](Cc1ccccc1)NC2=O. The van der Waals surface area contributed by atoms with Crippen molar-refractivity contribution < 1.29 is 19.5 Å². The number of benzene rings is 2. The first kappa shape index (κ1) is 26.4. The van der Waals surface area contributed by atoms with Crippen molar-refractivity contribution in [1.29, 1.82) is 0 Å². The number of hydrogen-bond donors (Lipinski definition) is 3. The van der Waals surface area contributed by atoms with Gasteiger partial charge >= 0.3 is 0 Å². The van der Waals surface area contributed by atoms with Gasteiger partial charge in [-0.25, -0.2) is 0 Å². The molecule has 204 valence electrons. The number of likely N-dealkylation sites (tertiary alicyclic amines) is 1. The van der Waals surface area contributed by atoms with Gasteiger partial charge in [0, 0.05) is 50.8 Å². The zero-order chi connectivity index (χ0) is 27.4. The van der Waals surface area contributed by atoms with E-state index in [4.69, 9.17) is 0 Å². The van der Waals surface area contributed by atoms with E-state index in [2.05, 4.69) is 20.9 Å². The van der Waals surface area contributed by atoms with Crippen LogP contribution in [0.25, 0.3) is 0 Å². The molecule has 3 aromatic rings. The van der Waals surface area contributed by atoms with Crippen LogP contribution in [0.2, 0.25) is 0 Å². The number of aryl methyl sites for hydroxylation is 2.